The van der Waals surface area contributed by atoms with Gasteiger partial charge in [0.1, 0.15) is 17.5 Å². The monoisotopic (exact) mass is 206 g/mol. The molecule has 0 amide bonds. The van der Waals surface area contributed by atoms with E-state index in [1.165, 1.54) is 19.1 Å². The smallest absolute Gasteiger partial charge is 0.338 e. The Morgan fingerprint density at radius 2 is 2.27 bits per heavy atom. The molecule has 1 rings (SSSR count). The topological polar surface area (TPSA) is 56.5 Å². The minimum Gasteiger partial charge on any atom is -0.465 e. The summed E-state index contributed by atoms with van der Waals surface area (Å²) in [5.74, 6) is 2.13. The van der Waals surface area contributed by atoms with E-state index >= 15 is 0 Å². The maximum absolute atomic E-state index is 11.2. The van der Waals surface area contributed by atoms with Gasteiger partial charge < -0.3 is 9.15 Å². The average molecular weight is 206 g/mol. The fraction of sp³-hybridized carbons (Fsp3) is 0.182. The van der Waals surface area contributed by atoms with Crippen LogP contribution in [0.2, 0.25) is 0 Å². The quantitative estimate of drug-likeness (QED) is 0.326. The molecule has 0 aliphatic carbocycles. The number of methoxy groups -OCH3 is 1. The number of aryl methyl sites for hydroxylation is 1. The average Bonchev–Trinajstić information content (AvgIpc) is 2.62. The van der Waals surface area contributed by atoms with Crippen molar-refractivity contribution < 1.29 is 18.7 Å². The van der Waals surface area contributed by atoms with Crippen molar-refractivity contribution >= 4 is 18.0 Å². The summed E-state index contributed by atoms with van der Waals surface area (Å²) in [6.45, 7) is 1.78. The van der Waals surface area contributed by atoms with Gasteiger partial charge in [-0.25, -0.2) is 9.59 Å². The highest BCUT2D eigenvalue weighted by Crippen LogP contribution is 2.12. The van der Waals surface area contributed by atoms with E-state index < -0.39 is 5.97 Å². The Labute approximate surface area is 86.8 Å². The van der Waals surface area contributed by atoms with Crippen LogP contribution in [0.1, 0.15) is 11.5 Å². The molecule has 1 aromatic heterocycles. The number of furan rings is 1. The molecule has 0 unspecified atom stereocenters. The predicted molar refractivity (Wildman–Crippen MR) is 53.7 cm³/mol. The lowest BCUT2D eigenvalue weighted by molar-refractivity contribution is -0.135. The molecule has 78 valence electrons. The van der Waals surface area contributed by atoms with Gasteiger partial charge in [-0.1, -0.05) is 0 Å². The Kier molecular flexibility index (Phi) is 3.66. The maximum Gasteiger partial charge on any atom is 0.338 e. The molecule has 0 atom stereocenters. The molecule has 4 nitrogen and oxygen atoms in total. The number of carbonyl (C=O) groups excluding carboxylic acids is 2. The zero-order valence-corrected chi connectivity index (χ0v) is 8.44. The zero-order valence-electron chi connectivity index (χ0n) is 8.44. The lowest BCUT2D eigenvalue weighted by atomic mass is 10.2. The Morgan fingerprint density at radius 1 is 1.53 bits per heavy atom. The van der Waals surface area contributed by atoms with Gasteiger partial charge in [0.25, 0.3) is 0 Å². The van der Waals surface area contributed by atoms with E-state index in [4.69, 9.17) is 4.42 Å². The van der Waals surface area contributed by atoms with Crippen LogP contribution in [-0.4, -0.2) is 19.0 Å². The van der Waals surface area contributed by atoms with Gasteiger partial charge in [-0.05, 0) is 25.1 Å². The number of rotatable bonds is 3. The second-order valence-corrected chi connectivity index (χ2v) is 2.80. The molecule has 0 fully saturated rings. The summed E-state index contributed by atoms with van der Waals surface area (Å²) in [6, 6.07) is 3.45. The fourth-order valence-electron chi connectivity index (χ4n) is 1.03. The van der Waals surface area contributed by atoms with Crippen molar-refractivity contribution in [3.05, 3.63) is 35.3 Å². The molecule has 0 N–H and O–H groups in total. The summed E-state index contributed by atoms with van der Waals surface area (Å²) in [6.07, 6.45) is 2.42. The van der Waals surface area contributed by atoms with Gasteiger partial charge in [-0.15, -0.1) is 0 Å². The van der Waals surface area contributed by atoms with Crippen LogP contribution in [0.25, 0.3) is 6.08 Å². The molecule has 15 heavy (non-hydrogen) atoms. The molecular weight excluding hydrogens is 196 g/mol. The molecule has 1 aromatic rings. The molecule has 0 aromatic carbocycles. The minimum atomic E-state index is -0.604. The van der Waals surface area contributed by atoms with Crippen molar-refractivity contribution in [1.29, 1.82) is 0 Å². The molecule has 0 bridgehead atoms. The van der Waals surface area contributed by atoms with E-state index in [-0.39, 0.29) is 5.57 Å². The lowest BCUT2D eigenvalue weighted by Crippen LogP contribution is -2.02. The largest absolute Gasteiger partial charge is 0.465 e. The van der Waals surface area contributed by atoms with Crippen LogP contribution in [0.3, 0.4) is 0 Å². The molecule has 0 aliphatic rings. The summed E-state index contributed by atoms with van der Waals surface area (Å²) < 4.78 is 9.71. The van der Waals surface area contributed by atoms with E-state index in [0.717, 1.165) is 11.8 Å². The van der Waals surface area contributed by atoms with Crippen LogP contribution in [0, 0.1) is 6.92 Å². The first-order chi connectivity index (χ1) is 7.17. The molecule has 0 aliphatic heterocycles. The molecule has 0 radical (unpaired) electrons. The van der Waals surface area contributed by atoms with Crippen LogP contribution in [0.15, 0.2) is 28.2 Å². The highest BCUT2D eigenvalue weighted by atomic mass is 16.5. The molecule has 0 saturated heterocycles. The van der Waals surface area contributed by atoms with Crippen LogP contribution in [0.5, 0.6) is 0 Å². The second-order valence-electron chi connectivity index (χ2n) is 2.80. The Balaban J connectivity index is 3.03. The van der Waals surface area contributed by atoms with E-state index in [1.54, 1.807) is 19.1 Å². The SMILES string of the molecule is COC(=O)/C(C=C=O)=C/c1ccc(C)o1. The van der Waals surface area contributed by atoms with Crippen molar-refractivity contribution in [3.8, 4) is 0 Å². The van der Waals surface area contributed by atoms with Gasteiger partial charge in [0, 0.05) is 6.08 Å². The summed E-state index contributed by atoms with van der Waals surface area (Å²) in [5.41, 5.74) is 0.0989. The fourth-order valence-corrected chi connectivity index (χ4v) is 1.03. The maximum atomic E-state index is 11.2. The van der Waals surface area contributed by atoms with Crippen molar-refractivity contribution in [3.63, 3.8) is 0 Å². The Hall–Kier alpha value is -2.06. The number of esters is 1. The lowest BCUT2D eigenvalue weighted by Gasteiger charge is -1.96. The van der Waals surface area contributed by atoms with Gasteiger partial charge in [-0.3, -0.25) is 0 Å². The van der Waals surface area contributed by atoms with Gasteiger partial charge in [-0.2, -0.15) is 0 Å². The number of hydrogen-bond acceptors (Lipinski definition) is 4. The Bertz CT molecular complexity index is 433. The van der Waals surface area contributed by atoms with E-state index in [2.05, 4.69) is 4.74 Å². The van der Waals surface area contributed by atoms with Gasteiger partial charge >= 0.3 is 5.97 Å². The van der Waals surface area contributed by atoms with Crippen molar-refractivity contribution in [2.24, 2.45) is 0 Å². The highest BCUT2D eigenvalue weighted by Gasteiger charge is 2.07. The van der Waals surface area contributed by atoms with Crippen molar-refractivity contribution in [2.75, 3.05) is 7.11 Å². The van der Waals surface area contributed by atoms with Crippen molar-refractivity contribution in [1.82, 2.24) is 0 Å². The molecule has 1 heterocycles. The summed E-state index contributed by atoms with van der Waals surface area (Å²) >= 11 is 0. The highest BCUT2D eigenvalue weighted by molar-refractivity contribution is 5.98. The first kappa shape index (κ1) is 11.0. The third-order valence-electron chi connectivity index (χ3n) is 1.69. The molecule has 4 heteroatoms. The third kappa shape index (κ3) is 2.97. The zero-order chi connectivity index (χ0) is 11.3. The molecular formula is C11H10O4. The van der Waals surface area contributed by atoms with Gasteiger partial charge in [0.2, 0.25) is 0 Å². The summed E-state index contributed by atoms with van der Waals surface area (Å²) in [7, 11) is 1.24. The normalized spacial score (nSPS) is 10.7. The van der Waals surface area contributed by atoms with Crippen molar-refractivity contribution in [2.45, 2.75) is 6.92 Å². The van der Waals surface area contributed by atoms with E-state index in [9.17, 15) is 9.59 Å². The standard InChI is InChI=1S/C11H10O4/c1-8-3-4-10(15-8)7-9(5-6-12)11(13)14-2/h3-5,7H,1-2H3/b9-7+. The molecule has 0 saturated carbocycles. The summed E-state index contributed by atoms with van der Waals surface area (Å²) in [4.78, 5) is 21.3. The first-order valence-corrected chi connectivity index (χ1v) is 4.24. The van der Waals surface area contributed by atoms with Crippen LogP contribution < -0.4 is 0 Å². The second kappa shape index (κ2) is 4.98. The van der Waals surface area contributed by atoms with Crippen LogP contribution >= 0.6 is 0 Å². The first-order valence-electron chi connectivity index (χ1n) is 4.24. The van der Waals surface area contributed by atoms with E-state index in [0.29, 0.717) is 5.76 Å². The van der Waals surface area contributed by atoms with E-state index in [1.807, 2.05) is 0 Å². The number of ether oxygens (including phenoxy) is 1. The Morgan fingerprint density at radius 3 is 2.73 bits per heavy atom. The van der Waals surface area contributed by atoms with Crippen LogP contribution in [-0.2, 0) is 14.3 Å². The minimum absolute atomic E-state index is 0.0989. The van der Waals surface area contributed by atoms with Gasteiger partial charge in [0.05, 0.1) is 12.7 Å². The predicted octanol–water partition coefficient (Wildman–Crippen LogP) is 1.53. The number of hydrogen-bond donors (Lipinski definition) is 0. The number of carbonyl (C=O) groups is 1. The molecule has 0 spiro atoms. The third-order valence-corrected chi connectivity index (χ3v) is 1.69. The van der Waals surface area contributed by atoms with Gasteiger partial charge in [0.15, 0.2) is 0 Å². The summed E-state index contributed by atoms with van der Waals surface area (Å²) in [5, 5.41) is 0. The van der Waals surface area contributed by atoms with Crippen LogP contribution in [0.4, 0.5) is 0 Å².